The van der Waals surface area contributed by atoms with E-state index in [1.165, 1.54) is 0 Å². The Labute approximate surface area is 141 Å². The van der Waals surface area contributed by atoms with Crippen LogP contribution in [0.1, 0.15) is 18.0 Å². The minimum absolute atomic E-state index is 0.161. The van der Waals surface area contributed by atoms with Gasteiger partial charge in [-0.3, -0.25) is 4.79 Å². The summed E-state index contributed by atoms with van der Waals surface area (Å²) in [6, 6.07) is 12.5. The predicted octanol–water partition coefficient (Wildman–Crippen LogP) is 4.78. The number of carbonyl (C=O) groups excluding carboxylic acids is 1. The van der Waals surface area contributed by atoms with Crippen molar-refractivity contribution in [3.8, 4) is 0 Å². The fourth-order valence-corrected chi connectivity index (χ4v) is 2.66. The van der Waals surface area contributed by atoms with Gasteiger partial charge in [-0.15, -0.1) is 0 Å². The summed E-state index contributed by atoms with van der Waals surface area (Å²) in [5.74, 6) is -0.216. The maximum atomic E-state index is 12.0. The molecule has 110 valence electrons. The largest absolute Gasteiger partial charge is 0.325 e. The summed E-state index contributed by atoms with van der Waals surface area (Å²) in [7, 11) is 0. The van der Waals surface area contributed by atoms with E-state index in [9.17, 15) is 4.79 Å². The molecule has 0 aliphatic carbocycles. The van der Waals surface area contributed by atoms with Crippen molar-refractivity contribution in [1.29, 1.82) is 0 Å². The lowest BCUT2D eigenvalue weighted by Crippen LogP contribution is -2.20. The van der Waals surface area contributed by atoms with Crippen molar-refractivity contribution >= 4 is 50.7 Å². The summed E-state index contributed by atoms with van der Waals surface area (Å²) < 4.78 is 0.674. The lowest BCUT2D eigenvalue weighted by molar-refractivity contribution is -0.116. The summed E-state index contributed by atoms with van der Waals surface area (Å²) in [5, 5.41) is 3.38. The molecule has 0 aliphatic heterocycles. The van der Waals surface area contributed by atoms with Crippen LogP contribution in [0.5, 0.6) is 0 Å². The van der Waals surface area contributed by atoms with Gasteiger partial charge in [0.25, 0.3) is 0 Å². The molecule has 0 radical (unpaired) electrons. The molecule has 1 atom stereocenters. The van der Waals surface area contributed by atoms with Crippen molar-refractivity contribution in [2.75, 3.05) is 5.32 Å². The molecule has 6 heteroatoms. The van der Waals surface area contributed by atoms with E-state index in [1.807, 2.05) is 30.3 Å². The van der Waals surface area contributed by atoms with Crippen molar-refractivity contribution in [2.24, 2.45) is 5.73 Å². The Hall–Kier alpha value is -1.07. The van der Waals surface area contributed by atoms with E-state index < -0.39 is 0 Å². The highest BCUT2D eigenvalue weighted by atomic mass is 79.9. The second-order valence-corrected chi connectivity index (χ2v) is 6.10. The zero-order chi connectivity index (χ0) is 15.4. The minimum atomic E-state index is -0.365. The third-order valence-corrected chi connectivity index (χ3v) is 4.71. The number of hydrogen-bond acceptors (Lipinski definition) is 2. The van der Waals surface area contributed by atoms with Crippen molar-refractivity contribution < 1.29 is 4.79 Å². The van der Waals surface area contributed by atoms with E-state index in [1.54, 1.807) is 12.1 Å². The molecular formula is C15H13BrCl2N2O. The average molecular weight is 388 g/mol. The van der Waals surface area contributed by atoms with E-state index in [4.69, 9.17) is 28.9 Å². The SMILES string of the molecule is NC(CC(=O)Nc1ccc(Br)c(Cl)c1Cl)c1ccccc1. The smallest absolute Gasteiger partial charge is 0.226 e. The van der Waals surface area contributed by atoms with E-state index in [2.05, 4.69) is 21.2 Å². The topological polar surface area (TPSA) is 55.1 Å². The molecule has 2 aromatic carbocycles. The molecule has 0 fully saturated rings. The number of amides is 1. The Balaban J connectivity index is 2.04. The maximum absolute atomic E-state index is 12.0. The van der Waals surface area contributed by atoms with Crippen LogP contribution in [0.15, 0.2) is 46.9 Å². The van der Waals surface area contributed by atoms with Gasteiger partial charge in [-0.05, 0) is 33.6 Å². The van der Waals surface area contributed by atoms with Crippen LogP contribution < -0.4 is 11.1 Å². The second kappa shape index (κ2) is 7.27. The van der Waals surface area contributed by atoms with Gasteiger partial charge in [0.2, 0.25) is 5.91 Å². The molecule has 3 N–H and O–H groups in total. The number of carbonyl (C=O) groups is 1. The molecule has 0 saturated heterocycles. The van der Waals surface area contributed by atoms with Crippen LogP contribution in [-0.2, 0) is 4.79 Å². The normalized spacial score (nSPS) is 12.0. The van der Waals surface area contributed by atoms with E-state index in [0.717, 1.165) is 5.56 Å². The number of anilines is 1. The molecule has 0 spiro atoms. The number of hydrogen-bond donors (Lipinski definition) is 2. The van der Waals surface area contributed by atoms with Crippen molar-refractivity contribution in [3.05, 3.63) is 62.5 Å². The fourth-order valence-electron chi connectivity index (χ4n) is 1.84. The molecule has 0 saturated carbocycles. The third kappa shape index (κ3) is 4.20. The second-order valence-electron chi connectivity index (χ2n) is 4.49. The zero-order valence-electron chi connectivity index (χ0n) is 10.9. The summed E-state index contributed by atoms with van der Waals surface area (Å²) in [5.41, 5.74) is 7.39. The number of halogens is 3. The lowest BCUT2D eigenvalue weighted by Gasteiger charge is -2.13. The first kappa shape index (κ1) is 16.3. The maximum Gasteiger partial charge on any atom is 0.226 e. The van der Waals surface area contributed by atoms with E-state index in [-0.39, 0.29) is 18.4 Å². The summed E-state index contributed by atoms with van der Waals surface area (Å²) in [4.78, 5) is 12.0. The molecule has 0 aliphatic rings. The molecule has 2 rings (SSSR count). The highest BCUT2D eigenvalue weighted by Crippen LogP contribution is 2.35. The van der Waals surface area contributed by atoms with Gasteiger partial charge in [0.1, 0.15) is 0 Å². The lowest BCUT2D eigenvalue weighted by atomic mass is 10.0. The van der Waals surface area contributed by atoms with Gasteiger partial charge in [0.15, 0.2) is 0 Å². The predicted molar refractivity (Wildman–Crippen MR) is 90.8 cm³/mol. The Kier molecular flexibility index (Phi) is 5.65. The van der Waals surface area contributed by atoms with Crippen LogP contribution in [0, 0.1) is 0 Å². The van der Waals surface area contributed by atoms with Gasteiger partial charge in [-0.25, -0.2) is 0 Å². The average Bonchev–Trinajstić information content (AvgIpc) is 2.49. The van der Waals surface area contributed by atoms with E-state index in [0.29, 0.717) is 20.2 Å². The fraction of sp³-hybridized carbons (Fsp3) is 0.133. The van der Waals surface area contributed by atoms with E-state index >= 15 is 0 Å². The highest BCUT2D eigenvalue weighted by molar-refractivity contribution is 9.10. The summed E-state index contributed by atoms with van der Waals surface area (Å²) in [6.45, 7) is 0. The highest BCUT2D eigenvalue weighted by Gasteiger charge is 2.14. The van der Waals surface area contributed by atoms with Crippen LogP contribution in [0.25, 0.3) is 0 Å². The van der Waals surface area contributed by atoms with Crippen LogP contribution >= 0.6 is 39.1 Å². The first-order valence-electron chi connectivity index (χ1n) is 6.23. The van der Waals surface area contributed by atoms with Gasteiger partial charge in [0, 0.05) is 16.9 Å². The quantitative estimate of drug-likeness (QED) is 0.741. The van der Waals surface area contributed by atoms with Gasteiger partial charge >= 0.3 is 0 Å². The van der Waals surface area contributed by atoms with Crippen molar-refractivity contribution in [3.63, 3.8) is 0 Å². The molecule has 3 nitrogen and oxygen atoms in total. The zero-order valence-corrected chi connectivity index (χ0v) is 14.0. The van der Waals surface area contributed by atoms with Gasteiger partial charge in [-0.2, -0.15) is 0 Å². The molecule has 21 heavy (non-hydrogen) atoms. The number of rotatable bonds is 4. The molecule has 0 aromatic heterocycles. The first-order chi connectivity index (χ1) is 9.99. The van der Waals surface area contributed by atoms with Gasteiger partial charge < -0.3 is 11.1 Å². The van der Waals surface area contributed by atoms with Crippen molar-refractivity contribution in [1.82, 2.24) is 0 Å². The first-order valence-corrected chi connectivity index (χ1v) is 7.78. The van der Waals surface area contributed by atoms with Crippen LogP contribution in [0.3, 0.4) is 0 Å². The molecular weight excluding hydrogens is 375 g/mol. The molecule has 1 amide bonds. The van der Waals surface area contributed by atoms with Crippen LogP contribution in [0.2, 0.25) is 10.0 Å². The van der Waals surface area contributed by atoms with Gasteiger partial charge in [-0.1, -0.05) is 53.5 Å². The standard InChI is InChI=1S/C15H13BrCl2N2O/c16-10-6-7-12(15(18)14(10)17)20-13(21)8-11(19)9-4-2-1-3-5-9/h1-7,11H,8,19H2,(H,20,21). The Morgan fingerprint density at radius 2 is 1.81 bits per heavy atom. The Morgan fingerprint density at radius 3 is 2.48 bits per heavy atom. The third-order valence-electron chi connectivity index (χ3n) is 2.94. The number of nitrogens with one attached hydrogen (secondary N) is 1. The molecule has 0 bridgehead atoms. The van der Waals surface area contributed by atoms with Gasteiger partial charge in [0.05, 0.1) is 15.7 Å². The van der Waals surface area contributed by atoms with Crippen LogP contribution in [-0.4, -0.2) is 5.91 Å². The molecule has 1 unspecified atom stereocenters. The summed E-state index contributed by atoms with van der Waals surface area (Å²) >= 11 is 15.4. The summed E-state index contributed by atoms with van der Waals surface area (Å²) in [6.07, 6.45) is 0.161. The number of benzene rings is 2. The van der Waals surface area contributed by atoms with Crippen LogP contribution in [0.4, 0.5) is 5.69 Å². The Bertz CT molecular complexity index is 650. The molecule has 0 heterocycles. The monoisotopic (exact) mass is 386 g/mol. The molecule has 2 aromatic rings. The number of nitrogens with two attached hydrogens (primary N) is 1. The minimum Gasteiger partial charge on any atom is -0.325 e. The Morgan fingerprint density at radius 1 is 1.14 bits per heavy atom. The van der Waals surface area contributed by atoms with Crippen molar-refractivity contribution in [2.45, 2.75) is 12.5 Å².